The Bertz CT molecular complexity index is 504. The van der Waals surface area contributed by atoms with Crippen molar-refractivity contribution in [2.45, 2.75) is 24.8 Å². The first-order chi connectivity index (χ1) is 8.57. The van der Waals surface area contributed by atoms with Crippen LogP contribution < -0.4 is 0 Å². The number of aromatic amines is 1. The first-order valence-electron chi connectivity index (χ1n) is 5.80. The SMILES string of the molecule is Cc1[nH]nc(CO)c1S(=O)(=O)N1CCCSCC1. The minimum Gasteiger partial charge on any atom is -0.390 e. The molecule has 102 valence electrons. The van der Waals surface area contributed by atoms with Gasteiger partial charge in [-0.25, -0.2) is 8.42 Å². The molecule has 0 aliphatic carbocycles. The quantitative estimate of drug-likeness (QED) is 0.838. The van der Waals surface area contributed by atoms with Crippen LogP contribution in [-0.4, -0.2) is 52.6 Å². The molecule has 1 aliphatic rings. The van der Waals surface area contributed by atoms with Crippen LogP contribution >= 0.6 is 11.8 Å². The van der Waals surface area contributed by atoms with E-state index in [1.54, 1.807) is 18.7 Å². The monoisotopic (exact) mass is 291 g/mol. The van der Waals surface area contributed by atoms with E-state index in [4.69, 9.17) is 0 Å². The molecule has 0 spiro atoms. The second kappa shape index (κ2) is 5.60. The minimum absolute atomic E-state index is 0.136. The molecule has 1 fully saturated rings. The number of thioether (sulfide) groups is 1. The Morgan fingerprint density at radius 3 is 2.94 bits per heavy atom. The number of aliphatic hydroxyl groups excluding tert-OH is 1. The fourth-order valence-electron chi connectivity index (χ4n) is 2.01. The highest BCUT2D eigenvalue weighted by molar-refractivity contribution is 7.99. The summed E-state index contributed by atoms with van der Waals surface area (Å²) < 4.78 is 26.6. The van der Waals surface area contributed by atoms with Crippen molar-refractivity contribution in [3.63, 3.8) is 0 Å². The number of nitrogens with one attached hydrogen (secondary N) is 1. The van der Waals surface area contributed by atoms with Gasteiger partial charge >= 0.3 is 0 Å². The van der Waals surface area contributed by atoms with Crippen LogP contribution in [0.3, 0.4) is 0 Å². The van der Waals surface area contributed by atoms with Crippen LogP contribution in [0.25, 0.3) is 0 Å². The number of aliphatic hydroxyl groups is 1. The average molecular weight is 291 g/mol. The fourth-order valence-corrected chi connectivity index (χ4v) is 4.81. The van der Waals surface area contributed by atoms with Gasteiger partial charge in [-0.3, -0.25) is 5.10 Å². The fraction of sp³-hybridized carbons (Fsp3) is 0.700. The maximum atomic E-state index is 12.5. The van der Waals surface area contributed by atoms with Gasteiger partial charge in [0.05, 0.1) is 12.3 Å². The van der Waals surface area contributed by atoms with Gasteiger partial charge in [-0.15, -0.1) is 0 Å². The molecule has 2 N–H and O–H groups in total. The lowest BCUT2D eigenvalue weighted by atomic mass is 10.4. The van der Waals surface area contributed by atoms with Gasteiger partial charge in [0.2, 0.25) is 10.0 Å². The van der Waals surface area contributed by atoms with Gasteiger partial charge in [0, 0.05) is 18.8 Å². The van der Waals surface area contributed by atoms with Crippen LogP contribution in [0.5, 0.6) is 0 Å². The molecule has 2 heterocycles. The summed E-state index contributed by atoms with van der Waals surface area (Å²) in [4.78, 5) is 0.136. The third kappa shape index (κ3) is 2.56. The Balaban J connectivity index is 2.37. The molecule has 8 heteroatoms. The van der Waals surface area contributed by atoms with Gasteiger partial charge in [0.15, 0.2) is 0 Å². The highest BCUT2D eigenvalue weighted by Gasteiger charge is 2.30. The number of hydrogen-bond donors (Lipinski definition) is 2. The predicted octanol–water partition coefficient (Wildman–Crippen LogP) is 0.338. The van der Waals surface area contributed by atoms with Crippen LogP contribution in [0.15, 0.2) is 4.90 Å². The number of aromatic nitrogens is 2. The van der Waals surface area contributed by atoms with E-state index in [0.717, 1.165) is 17.9 Å². The highest BCUT2D eigenvalue weighted by Crippen LogP contribution is 2.24. The number of nitrogens with zero attached hydrogens (tertiary/aromatic N) is 2. The van der Waals surface area contributed by atoms with Crippen molar-refractivity contribution in [2.24, 2.45) is 0 Å². The van der Waals surface area contributed by atoms with Crippen molar-refractivity contribution in [1.82, 2.24) is 14.5 Å². The molecule has 6 nitrogen and oxygen atoms in total. The van der Waals surface area contributed by atoms with Gasteiger partial charge in [-0.1, -0.05) is 0 Å². The van der Waals surface area contributed by atoms with Crippen LogP contribution in [0.2, 0.25) is 0 Å². The lowest BCUT2D eigenvalue weighted by molar-refractivity contribution is 0.273. The highest BCUT2D eigenvalue weighted by atomic mass is 32.2. The number of hydrogen-bond acceptors (Lipinski definition) is 5. The summed E-state index contributed by atoms with van der Waals surface area (Å²) in [6.07, 6.45) is 0.856. The normalized spacial score (nSPS) is 18.8. The first-order valence-corrected chi connectivity index (χ1v) is 8.39. The van der Waals surface area contributed by atoms with E-state index in [1.807, 2.05) is 0 Å². The Morgan fingerprint density at radius 1 is 1.44 bits per heavy atom. The third-order valence-electron chi connectivity index (χ3n) is 2.89. The summed E-state index contributed by atoms with van der Waals surface area (Å²) >= 11 is 1.77. The molecular weight excluding hydrogens is 274 g/mol. The molecule has 0 unspecified atom stereocenters. The number of H-pyrrole nitrogens is 1. The summed E-state index contributed by atoms with van der Waals surface area (Å²) in [6.45, 7) is 2.33. The molecule has 1 aliphatic heterocycles. The maximum absolute atomic E-state index is 12.5. The summed E-state index contributed by atoms with van der Waals surface area (Å²) in [6, 6.07) is 0. The van der Waals surface area contributed by atoms with E-state index >= 15 is 0 Å². The molecule has 0 amide bonds. The van der Waals surface area contributed by atoms with Gasteiger partial charge in [-0.2, -0.15) is 21.2 Å². The van der Waals surface area contributed by atoms with Crippen molar-refractivity contribution >= 4 is 21.8 Å². The molecular formula is C10H17N3O3S2. The van der Waals surface area contributed by atoms with E-state index < -0.39 is 10.0 Å². The van der Waals surface area contributed by atoms with Crippen LogP contribution in [0.1, 0.15) is 17.8 Å². The van der Waals surface area contributed by atoms with Crippen molar-refractivity contribution in [1.29, 1.82) is 0 Å². The minimum atomic E-state index is -3.55. The molecule has 2 rings (SSSR count). The Kier molecular flexibility index (Phi) is 4.31. The number of aryl methyl sites for hydroxylation is 1. The van der Waals surface area contributed by atoms with Crippen molar-refractivity contribution < 1.29 is 13.5 Å². The zero-order valence-corrected chi connectivity index (χ0v) is 11.9. The molecule has 1 aromatic rings. The maximum Gasteiger partial charge on any atom is 0.246 e. The molecule has 0 atom stereocenters. The lowest BCUT2D eigenvalue weighted by Crippen LogP contribution is -2.33. The lowest BCUT2D eigenvalue weighted by Gasteiger charge is -2.19. The smallest absolute Gasteiger partial charge is 0.246 e. The van der Waals surface area contributed by atoms with E-state index in [1.165, 1.54) is 4.31 Å². The Hall–Kier alpha value is -0.570. The van der Waals surface area contributed by atoms with E-state index in [0.29, 0.717) is 18.8 Å². The summed E-state index contributed by atoms with van der Waals surface area (Å²) in [5.41, 5.74) is 0.681. The first kappa shape index (κ1) is 13.9. The van der Waals surface area contributed by atoms with E-state index in [2.05, 4.69) is 10.2 Å². The van der Waals surface area contributed by atoms with Crippen molar-refractivity contribution in [3.05, 3.63) is 11.4 Å². The zero-order valence-electron chi connectivity index (χ0n) is 10.2. The second-order valence-corrected chi connectivity index (χ2v) is 7.25. The van der Waals surface area contributed by atoms with Gasteiger partial charge < -0.3 is 5.11 Å². The van der Waals surface area contributed by atoms with Crippen molar-refractivity contribution in [3.8, 4) is 0 Å². The summed E-state index contributed by atoms with van der Waals surface area (Å²) in [7, 11) is -3.55. The Labute approximate surface area is 111 Å². The summed E-state index contributed by atoms with van der Waals surface area (Å²) in [5, 5.41) is 15.6. The van der Waals surface area contributed by atoms with Crippen molar-refractivity contribution in [2.75, 3.05) is 24.6 Å². The number of rotatable bonds is 3. The average Bonchev–Trinajstić information content (AvgIpc) is 2.56. The third-order valence-corrected chi connectivity index (χ3v) is 6.04. The molecule has 1 saturated heterocycles. The zero-order chi connectivity index (χ0) is 13.2. The molecule has 0 saturated carbocycles. The number of sulfonamides is 1. The summed E-state index contributed by atoms with van der Waals surface area (Å²) in [5.74, 6) is 1.80. The van der Waals surface area contributed by atoms with E-state index in [9.17, 15) is 13.5 Å². The van der Waals surface area contributed by atoms with E-state index in [-0.39, 0.29) is 17.2 Å². The van der Waals surface area contributed by atoms with Crippen LogP contribution in [-0.2, 0) is 16.6 Å². The standard InChI is InChI=1S/C10H17N3O3S2/c1-8-10(9(7-14)12-11-8)18(15,16)13-3-2-5-17-6-4-13/h14H,2-7H2,1H3,(H,11,12). The van der Waals surface area contributed by atoms with Crippen LogP contribution in [0.4, 0.5) is 0 Å². The predicted molar refractivity (Wildman–Crippen MR) is 69.9 cm³/mol. The largest absolute Gasteiger partial charge is 0.390 e. The second-order valence-electron chi connectivity index (χ2n) is 4.15. The van der Waals surface area contributed by atoms with Crippen LogP contribution in [0, 0.1) is 6.92 Å². The molecule has 1 aromatic heterocycles. The van der Waals surface area contributed by atoms with Gasteiger partial charge in [0.25, 0.3) is 0 Å². The topological polar surface area (TPSA) is 86.3 Å². The Morgan fingerprint density at radius 2 is 2.22 bits per heavy atom. The molecule has 18 heavy (non-hydrogen) atoms. The van der Waals surface area contributed by atoms with Gasteiger partial charge in [-0.05, 0) is 19.1 Å². The molecule has 0 radical (unpaired) electrons. The molecule has 0 aromatic carbocycles. The molecule has 0 bridgehead atoms. The van der Waals surface area contributed by atoms with Gasteiger partial charge in [0.1, 0.15) is 10.6 Å².